The number of aromatic hydroxyl groups is 1. The number of methoxy groups -OCH3 is 1. The average Bonchev–Trinajstić information content (AvgIpc) is 2.79. The molecule has 1 amide bonds. The van der Waals surface area contributed by atoms with E-state index in [0.717, 1.165) is 0 Å². The van der Waals surface area contributed by atoms with Crippen LogP contribution in [0.15, 0.2) is 29.5 Å². The highest BCUT2D eigenvalue weighted by atomic mass is 16.5. The highest BCUT2D eigenvalue weighted by molar-refractivity contribution is 6.09. The lowest BCUT2D eigenvalue weighted by atomic mass is 9.92. The summed E-state index contributed by atoms with van der Waals surface area (Å²) >= 11 is 0. The topological polar surface area (TPSA) is 87.1 Å². The minimum atomic E-state index is -0.699. The Labute approximate surface area is 147 Å². The molecule has 2 N–H and O–H groups in total. The first kappa shape index (κ1) is 18.8. The zero-order valence-electron chi connectivity index (χ0n) is 15.1. The molecule has 0 aliphatic carbocycles. The van der Waals surface area contributed by atoms with Gasteiger partial charge < -0.3 is 19.8 Å². The number of hydrogen-bond donors (Lipinski definition) is 2. The molecule has 1 unspecified atom stereocenters. The van der Waals surface area contributed by atoms with E-state index in [0.29, 0.717) is 24.3 Å². The smallest absolute Gasteiger partial charge is 0.290 e. The normalized spacial score (nSPS) is 17.6. The van der Waals surface area contributed by atoms with Gasteiger partial charge in [0.1, 0.15) is 0 Å². The lowest BCUT2D eigenvalue weighted by molar-refractivity contribution is -0.129. The molecule has 1 aliphatic heterocycles. The number of carbonyl (C=O) groups excluding carboxylic acids is 2. The molecule has 25 heavy (non-hydrogen) atoms. The van der Waals surface area contributed by atoms with E-state index in [1.54, 1.807) is 12.1 Å². The number of aliphatic hydroxyl groups excluding tert-OH is 1. The number of ketones is 1. The van der Waals surface area contributed by atoms with E-state index in [-0.39, 0.29) is 29.4 Å². The molecule has 0 aromatic heterocycles. The molecule has 1 aromatic carbocycles. The van der Waals surface area contributed by atoms with Crippen LogP contribution in [0.2, 0.25) is 0 Å². The van der Waals surface area contributed by atoms with Crippen LogP contribution in [0.25, 0.3) is 0 Å². The molecule has 1 aromatic rings. The molecule has 136 valence electrons. The van der Waals surface area contributed by atoms with Crippen molar-refractivity contribution in [2.75, 3.05) is 13.7 Å². The van der Waals surface area contributed by atoms with Crippen molar-refractivity contribution in [3.63, 3.8) is 0 Å². The van der Waals surface area contributed by atoms with Crippen LogP contribution in [0.5, 0.6) is 11.5 Å². The predicted molar refractivity (Wildman–Crippen MR) is 93.5 cm³/mol. The molecule has 6 nitrogen and oxygen atoms in total. The third kappa shape index (κ3) is 3.62. The van der Waals surface area contributed by atoms with Crippen LogP contribution in [0.3, 0.4) is 0 Å². The van der Waals surface area contributed by atoms with Gasteiger partial charge in [-0.2, -0.15) is 0 Å². The van der Waals surface area contributed by atoms with Crippen LogP contribution < -0.4 is 4.74 Å². The first-order valence-electron chi connectivity index (χ1n) is 8.45. The lowest BCUT2D eigenvalue weighted by Crippen LogP contribution is -2.31. The monoisotopic (exact) mass is 347 g/mol. The number of ether oxygens (including phenoxy) is 1. The van der Waals surface area contributed by atoms with Gasteiger partial charge in [0.05, 0.1) is 18.7 Å². The van der Waals surface area contributed by atoms with Crippen molar-refractivity contribution in [3.8, 4) is 11.5 Å². The van der Waals surface area contributed by atoms with Crippen molar-refractivity contribution in [1.82, 2.24) is 4.90 Å². The minimum Gasteiger partial charge on any atom is -0.504 e. The second-order valence-corrected chi connectivity index (χ2v) is 6.62. The number of rotatable bonds is 7. The summed E-state index contributed by atoms with van der Waals surface area (Å²) in [5.74, 6) is -0.953. The van der Waals surface area contributed by atoms with Crippen LogP contribution in [0.4, 0.5) is 0 Å². The molecule has 1 atom stereocenters. The number of hydrogen-bond acceptors (Lipinski definition) is 5. The van der Waals surface area contributed by atoms with Crippen LogP contribution in [-0.4, -0.2) is 40.5 Å². The van der Waals surface area contributed by atoms with E-state index in [2.05, 4.69) is 0 Å². The maximum Gasteiger partial charge on any atom is 0.290 e. The molecule has 1 aliphatic rings. The van der Waals surface area contributed by atoms with Gasteiger partial charge in [-0.05, 0) is 30.0 Å². The van der Waals surface area contributed by atoms with Crippen molar-refractivity contribution in [2.24, 2.45) is 5.92 Å². The fraction of sp³-hybridized carbons (Fsp3) is 0.474. The molecule has 1 heterocycles. The summed E-state index contributed by atoms with van der Waals surface area (Å²) in [4.78, 5) is 26.6. The van der Waals surface area contributed by atoms with Crippen molar-refractivity contribution >= 4 is 11.7 Å². The number of amides is 1. The molecule has 0 spiro atoms. The Kier molecular flexibility index (Phi) is 5.72. The fourth-order valence-electron chi connectivity index (χ4n) is 3.11. The number of phenolic OH excluding ortho intramolecular Hbond substituents is 1. The maximum absolute atomic E-state index is 12.7. The molecule has 0 fully saturated rings. The van der Waals surface area contributed by atoms with Gasteiger partial charge in [0.15, 0.2) is 23.0 Å². The van der Waals surface area contributed by atoms with Gasteiger partial charge in [-0.1, -0.05) is 26.8 Å². The number of aliphatic hydroxyl groups is 1. The molecule has 0 saturated carbocycles. The number of carbonyl (C=O) groups is 2. The van der Waals surface area contributed by atoms with Crippen LogP contribution in [0, 0.1) is 5.92 Å². The number of nitrogens with zero attached hydrogens (tertiary/aromatic N) is 1. The molecular formula is C19H25NO5. The first-order valence-corrected chi connectivity index (χ1v) is 8.45. The van der Waals surface area contributed by atoms with Gasteiger partial charge in [0.2, 0.25) is 0 Å². The minimum absolute atomic E-state index is 0.0778. The average molecular weight is 347 g/mol. The van der Waals surface area contributed by atoms with Gasteiger partial charge in [0, 0.05) is 13.0 Å². The van der Waals surface area contributed by atoms with Gasteiger partial charge in [0.25, 0.3) is 5.91 Å². The third-order valence-electron chi connectivity index (χ3n) is 4.18. The van der Waals surface area contributed by atoms with Gasteiger partial charge in [-0.3, -0.25) is 9.59 Å². The molecule has 0 bridgehead atoms. The number of phenols is 1. The van der Waals surface area contributed by atoms with Crippen molar-refractivity contribution in [3.05, 3.63) is 35.1 Å². The van der Waals surface area contributed by atoms with Crippen molar-refractivity contribution in [2.45, 2.75) is 39.7 Å². The highest BCUT2D eigenvalue weighted by Gasteiger charge is 2.43. The molecule has 0 radical (unpaired) electrons. The van der Waals surface area contributed by atoms with Crippen LogP contribution >= 0.6 is 0 Å². The van der Waals surface area contributed by atoms with E-state index in [9.17, 15) is 19.8 Å². The Morgan fingerprint density at radius 1 is 1.32 bits per heavy atom. The Bertz CT molecular complexity index is 708. The second kappa shape index (κ2) is 7.59. The summed E-state index contributed by atoms with van der Waals surface area (Å²) in [7, 11) is 1.44. The van der Waals surface area contributed by atoms with E-state index in [1.165, 1.54) is 18.1 Å². The molecule has 2 rings (SSSR count). The zero-order valence-corrected chi connectivity index (χ0v) is 15.1. The Morgan fingerprint density at radius 3 is 2.52 bits per heavy atom. The fourth-order valence-corrected chi connectivity index (χ4v) is 3.11. The molecule has 0 saturated heterocycles. The van der Waals surface area contributed by atoms with Gasteiger partial charge in [-0.15, -0.1) is 0 Å². The second-order valence-electron chi connectivity index (χ2n) is 6.62. The maximum atomic E-state index is 12.7. The van der Waals surface area contributed by atoms with Crippen molar-refractivity contribution < 1.29 is 24.5 Å². The van der Waals surface area contributed by atoms with E-state index in [1.807, 2.05) is 20.8 Å². The van der Waals surface area contributed by atoms with E-state index >= 15 is 0 Å². The molecule has 6 heteroatoms. The highest BCUT2D eigenvalue weighted by Crippen LogP contribution is 2.41. The summed E-state index contributed by atoms with van der Waals surface area (Å²) in [6.07, 6.45) is 0.925. The van der Waals surface area contributed by atoms with Crippen LogP contribution in [-0.2, 0) is 9.59 Å². The Morgan fingerprint density at radius 2 is 2.00 bits per heavy atom. The van der Waals surface area contributed by atoms with Crippen LogP contribution in [0.1, 0.15) is 45.2 Å². The standard InChI is InChI=1S/C19H25NO5/c1-5-8-20-17(12-6-7-15(25-4)13(21)10-12)16(18(23)19(20)24)14(22)9-11(2)3/h6-7,10-11,17,21,23H,5,8-9H2,1-4H3. The first-order chi connectivity index (χ1) is 11.8. The molecular weight excluding hydrogens is 322 g/mol. The van der Waals surface area contributed by atoms with Gasteiger partial charge in [-0.25, -0.2) is 0 Å². The largest absolute Gasteiger partial charge is 0.504 e. The Balaban J connectivity index is 2.52. The number of benzene rings is 1. The van der Waals surface area contributed by atoms with E-state index < -0.39 is 17.7 Å². The third-order valence-corrected chi connectivity index (χ3v) is 4.18. The quantitative estimate of drug-likeness (QED) is 0.791. The summed E-state index contributed by atoms with van der Waals surface area (Å²) in [6.45, 7) is 6.13. The summed E-state index contributed by atoms with van der Waals surface area (Å²) in [6, 6.07) is 4.05. The predicted octanol–water partition coefficient (Wildman–Crippen LogP) is 3.12. The van der Waals surface area contributed by atoms with Crippen molar-refractivity contribution in [1.29, 1.82) is 0 Å². The lowest BCUT2D eigenvalue weighted by Gasteiger charge is -2.27. The summed E-state index contributed by atoms with van der Waals surface area (Å²) in [5.41, 5.74) is 0.674. The van der Waals surface area contributed by atoms with E-state index in [4.69, 9.17) is 4.74 Å². The zero-order chi connectivity index (χ0) is 18.7. The summed E-state index contributed by atoms with van der Waals surface area (Å²) < 4.78 is 5.05. The Hall–Kier alpha value is -2.50. The summed E-state index contributed by atoms with van der Waals surface area (Å²) in [5, 5.41) is 20.4. The number of Topliss-reactive ketones (excluding diaryl/α,β-unsaturated/α-hetero) is 1. The van der Waals surface area contributed by atoms with Gasteiger partial charge >= 0.3 is 0 Å². The SMILES string of the molecule is CCCN1C(=O)C(O)=C(C(=O)CC(C)C)C1c1ccc(OC)c(O)c1.